The Morgan fingerprint density at radius 1 is 1.36 bits per heavy atom. The van der Waals surface area contributed by atoms with Crippen molar-refractivity contribution in [3.8, 4) is 12.1 Å². The van der Waals surface area contributed by atoms with Crippen molar-refractivity contribution in [2.24, 2.45) is 5.10 Å². The van der Waals surface area contributed by atoms with Gasteiger partial charge in [-0.3, -0.25) is 0 Å². The molecule has 130 valence electrons. The Hall–Kier alpha value is -3.59. The minimum Gasteiger partial charge on any atom is -0.463 e. The molecule has 1 aromatic rings. The zero-order valence-electron chi connectivity index (χ0n) is 13.8. The molecule has 9 heteroatoms. The average molecular weight is 343 g/mol. The minimum atomic E-state index is -1.02. The summed E-state index contributed by atoms with van der Waals surface area (Å²) < 4.78 is 9.42. The molecule has 2 N–H and O–H groups in total. The third-order valence-corrected chi connectivity index (χ3v) is 2.92. The maximum absolute atomic E-state index is 12.2. The maximum Gasteiger partial charge on any atom is 0.427 e. The van der Waals surface area contributed by atoms with Gasteiger partial charge in [0, 0.05) is 5.69 Å². The standard InChI is InChI=1S/C16H17N5O4/c1-11(20-21-16(23)24-2)14(15(22)25-8-4-7-17)19-13-6-3-5-12(9-13)10-18/h3,5-6,9,14,19H,4,8H2,1-2H3,(H,21,23). The number of carbonyl (C=O) groups is 2. The first kappa shape index (κ1) is 19.5. The van der Waals surface area contributed by atoms with E-state index in [2.05, 4.69) is 20.6 Å². The second-order valence-corrected chi connectivity index (χ2v) is 4.70. The van der Waals surface area contributed by atoms with Crippen LogP contribution < -0.4 is 10.7 Å². The van der Waals surface area contributed by atoms with Gasteiger partial charge < -0.3 is 14.8 Å². The van der Waals surface area contributed by atoms with Crippen molar-refractivity contribution in [3.63, 3.8) is 0 Å². The highest BCUT2D eigenvalue weighted by molar-refractivity contribution is 6.07. The van der Waals surface area contributed by atoms with Gasteiger partial charge in [0.2, 0.25) is 0 Å². The SMILES string of the molecule is COC(=O)NN=C(C)C(Nc1cccc(C#N)c1)C(=O)OCCC#N. The molecule has 1 unspecified atom stereocenters. The number of benzene rings is 1. The predicted octanol–water partition coefficient (Wildman–Crippen LogP) is 1.53. The van der Waals surface area contributed by atoms with Crippen LogP contribution in [0.2, 0.25) is 0 Å². The smallest absolute Gasteiger partial charge is 0.427 e. The van der Waals surface area contributed by atoms with Crippen LogP contribution in [-0.2, 0) is 14.3 Å². The summed E-state index contributed by atoms with van der Waals surface area (Å²) in [5, 5.41) is 24.1. The highest BCUT2D eigenvalue weighted by atomic mass is 16.5. The van der Waals surface area contributed by atoms with E-state index in [0.717, 1.165) is 0 Å². The number of hydrogen-bond donors (Lipinski definition) is 2. The quantitative estimate of drug-likeness (QED) is 0.331. The first-order valence-electron chi connectivity index (χ1n) is 7.20. The van der Waals surface area contributed by atoms with Crippen LogP contribution in [0.25, 0.3) is 0 Å². The van der Waals surface area contributed by atoms with Gasteiger partial charge in [-0.1, -0.05) is 6.07 Å². The summed E-state index contributed by atoms with van der Waals surface area (Å²) in [6.45, 7) is 1.44. The number of methoxy groups -OCH3 is 1. The molecule has 0 spiro atoms. The molecule has 0 fully saturated rings. The summed E-state index contributed by atoms with van der Waals surface area (Å²) in [6.07, 6.45) is -0.735. The number of anilines is 1. The Kier molecular flexibility index (Phi) is 7.97. The van der Waals surface area contributed by atoms with E-state index in [9.17, 15) is 9.59 Å². The van der Waals surface area contributed by atoms with Gasteiger partial charge in [-0.2, -0.15) is 15.6 Å². The molecule has 0 radical (unpaired) electrons. The van der Waals surface area contributed by atoms with Crippen LogP contribution >= 0.6 is 0 Å². The van der Waals surface area contributed by atoms with Gasteiger partial charge in [-0.25, -0.2) is 15.0 Å². The molecule has 0 aliphatic heterocycles. The van der Waals surface area contributed by atoms with Crippen LogP contribution in [0.4, 0.5) is 10.5 Å². The van der Waals surface area contributed by atoms with Crippen molar-refractivity contribution in [1.82, 2.24) is 5.43 Å². The van der Waals surface area contributed by atoms with E-state index in [1.54, 1.807) is 24.3 Å². The molecule has 25 heavy (non-hydrogen) atoms. The Labute approximate surface area is 144 Å². The van der Waals surface area contributed by atoms with Crippen molar-refractivity contribution in [2.45, 2.75) is 19.4 Å². The van der Waals surface area contributed by atoms with E-state index in [0.29, 0.717) is 11.3 Å². The van der Waals surface area contributed by atoms with E-state index in [1.807, 2.05) is 12.1 Å². The monoisotopic (exact) mass is 343 g/mol. The Bertz CT molecular complexity index is 733. The van der Waals surface area contributed by atoms with E-state index in [1.165, 1.54) is 14.0 Å². The topological polar surface area (TPSA) is 137 Å². The number of hydrazone groups is 1. The van der Waals surface area contributed by atoms with Gasteiger partial charge in [0.25, 0.3) is 0 Å². The lowest BCUT2D eigenvalue weighted by Crippen LogP contribution is -2.39. The minimum absolute atomic E-state index is 0.0545. The van der Waals surface area contributed by atoms with E-state index in [4.69, 9.17) is 15.3 Å². The summed E-state index contributed by atoms with van der Waals surface area (Å²) in [4.78, 5) is 23.4. The third kappa shape index (κ3) is 6.59. The maximum atomic E-state index is 12.2. The lowest BCUT2D eigenvalue weighted by atomic mass is 10.1. The summed E-state index contributed by atoms with van der Waals surface area (Å²) >= 11 is 0. The Balaban J connectivity index is 2.97. The van der Waals surface area contributed by atoms with Gasteiger partial charge >= 0.3 is 12.1 Å². The highest BCUT2D eigenvalue weighted by Gasteiger charge is 2.24. The van der Waals surface area contributed by atoms with Crippen molar-refractivity contribution in [2.75, 3.05) is 19.0 Å². The van der Waals surface area contributed by atoms with E-state index in [-0.39, 0.29) is 18.7 Å². The molecule has 0 bridgehead atoms. The largest absolute Gasteiger partial charge is 0.463 e. The van der Waals surface area contributed by atoms with Crippen molar-refractivity contribution in [3.05, 3.63) is 29.8 Å². The van der Waals surface area contributed by atoms with Gasteiger partial charge in [-0.05, 0) is 25.1 Å². The fourth-order valence-corrected chi connectivity index (χ4v) is 1.70. The van der Waals surface area contributed by atoms with Gasteiger partial charge in [-0.15, -0.1) is 0 Å². The lowest BCUT2D eigenvalue weighted by molar-refractivity contribution is -0.142. The molecular weight excluding hydrogens is 326 g/mol. The number of nitrogens with one attached hydrogen (secondary N) is 2. The number of esters is 1. The number of nitriles is 2. The number of hydrogen-bond acceptors (Lipinski definition) is 8. The number of amides is 1. The molecule has 1 amide bonds. The third-order valence-electron chi connectivity index (χ3n) is 2.92. The van der Waals surface area contributed by atoms with Crippen LogP contribution in [0.3, 0.4) is 0 Å². The molecular formula is C16H17N5O4. The zero-order valence-corrected chi connectivity index (χ0v) is 13.8. The molecule has 0 saturated carbocycles. The molecule has 0 aromatic heterocycles. The lowest BCUT2D eigenvalue weighted by Gasteiger charge is -2.18. The average Bonchev–Trinajstić information content (AvgIpc) is 2.64. The second kappa shape index (κ2) is 10.2. The van der Waals surface area contributed by atoms with Gasteiger partial charge in [0.1, 0.15) is 6.61 Å². The number of rotatable bonds is 7. The van der Waals surface area contributed by atoms with Gasteiger partial charge in [0.15, 0.2) is 6.04 Å². The fourth-order valence-electron chi connectivity index (χ4n) is 1.70. The highest BCUT2D eigenvalue weighted by Crippen LogP contribution is 2.12. The summed E-state index contributed by atoms with van der Waals surface area (Å²) in [5.74, 6) is -0.675. The number of carbonyl (C=O) groups excluding carboxylic acids is 2. The molecule has 0 aliphatic carbocycles. The zero-order chi connectivity index (χ0) is 18.7. The fraction of sp³-hybridized carbons (Fsp3) is 0.312. The van der Waals surface area contributed by atoms with Crippen molar-refractivity contribution >= 4 is 23.5 Å². The van der Waals surface area contributed by atoms with E-state index >= 15 is 0 Å². The molecule has 0 aliphatic rings. The Morgan fingerprint density at radius 3 is 2.76 bits per heavy atom. The van der Waals surface area contributed by atoms with Crippen molar-refractivity contribution < 1.29 is 19.1 Å². The summed E-state index contributed by atoms with van der Waals surface area (Å²) in [5.41, 5.74) is 3.22. The molecule has 9 nitrogen and oxygen atoms in total. The molecule has 0 saturated heterocycles. The van der Waals surface area contributed by atoms with Crippen LogP contribution in [0.5, 0.6) is 0 Å². The predicted molar refractivity (Wildman–Crippen MR) is 88.4 cm³/mol. The summed E-state index contributed by atoms with van der Waals surface area (Å²) in [7, 11) is 1.18. The molecule has 0 heterocycles. The van der Waals surface area contributed by atoms with Crippen LogP contribution in [-0.4, -0.2) is 37.5 Å². The molecule has 1 atom stereocenters. The number of ether oxygens (including phenoxy) is 2. The first-order chi connectivity index (χ1) is 12.0. The second-order valence-electron chi connectivity index (χ2n) is 4.70. The number of nitrogens with zero attached hydrogens (tertiary/aromatic N) is 3. The Morgan fingerprint density at radius 2 is 2.12 bits per heavy atom. The van der Waals surface area contributed by atoms with E-state index < -0.39 is 18.1 Å². The van der Waals surface area contributed by atoms with Crippen LogP contribution in [0, 0.1) is 22.7 Å². The summed E-state index contributed by atoms with van der Waals surface area (Å²) in [6, 6.07) is 9.32. The van der Waals surface area contributed by atoms with Crippen molar-refractivity contribution in [1.29, 1.82) is 10.5 Å². The van der Waals surface area contributed by atoms with Crippen LogP contribution in [0.15, 0.2) is 29.4 Å². The molecule has 1 rings (SSSR count). The first-order valence-corrected chi connectivity index (χ1v) is 7.20. The molecule has 1 aromatic carbocycles. The van der Waals surface area contributed by atoms with Crippen LogP contribution in [0.1, 0.15) is 18.9 Å². The normalized spacial score (nSPS) is 11.4. The van der Waals surface area contributed by atoms with Gasteiger partial charge in [0.05, 0.1) is 36.9 Å².